The molecule has 3 rings (SSSR count). The van der Waals surface area contributed by atoms with E-state index < -0.39 is 116 Å². The summed E-state index contributed by atoms with van der Waals surface area (Å²) in [5, 5.41) is 99.1. The number of aliphatic hydroxyl groups excluding tert-OH is 9. The molecule has 2 aliphatic heterocycles. The highest BCUT2D eigenvalue weighted by Gasteiger charge is 2.52. The van der Waals surface area contributed by atoms with Crippen molar-refractivity contribution in [1.82, 2.24) is 10.6 Å². The zero-order valence-corrected chi connectivity index (χ0v) is 25.3. The summed E-state index contributed by atoms with van der Waals surface area (Å²) in [6.07, 6.45) is -20.7. The summed E-state index contributed by atoms with van der Waals surface area (Å²) in [6, 6.07) is -3.54. The van der Waals surface area contributed by atoms with Crippen LogP contribution in [0.2, 0.25) is 0 Å². The summed E-state index contributed by atoms with van der Waals surface area (Å²) in [5.41, 5.74) is 23.1. The quantitative estimate of drug-likeness (QED) is 0.0767. The topological polar surface area (TPSA) is 364 Å². The zero-order valence-electron chi connectivity index (χ0n) is 25.3. The van der Waals surface area contributed by atoms with Crippen molar-refractivity contribution in [3.8, 4) is 0 Å². The van der Waals surface area contributed by atoms with E-state index in [-0.39, 0.29) is 39.0 Å². The van der Waals surface area contributed by atoms with Gasteiger partial charge in [0.05, 0.1) is 24.8 Å². The first-order chi connectivity index (χ1) is 21.7. The van der Waals surface area contributed by atoms with E-state index in [1.165, 1.54) is 0 Å². The van der Waals surface area contributed by atoms with Crippen LogP contribution in [0.3, 0.4) is 0 Å². The number of carbonyl (C=O) groups is 1. The Labute approximate surface area is 265 Å². The highest BCUT2D eigenvalue weighted by atomic mass is 16.7. The highest BCUT2D eigenvalue weighted by Crippen LogP contribution is 2.32. The summed E-state index contributed by atoms with van der Waals surface area (Å²) in [5.74, 6) is -0.858. The number of nitrogens with two attached hydrogens (primary N) is 4. The van der Waals surface area contributed by atoms with E-state index in [1.54, 1.807) is 0 Å². The van der Waals surface area contributed by atoms with Crippen LogP contribution in [0.5, 0.6) is 0 Å². The second kappa shape index (κ2) is 17.9. The molecule has 2 heterocycles. The fraction of sp³-hybridized carbons (Fsp3) is 0.962. The Hall–Kier alpha value is -1.25. The van der Waals surface area contributed by atoms with Crippen LogP contribution in [-0.2, 0) is 23.7 Å². The van der Waals surface area contributed by atoms with E-state index in [1.807, 2.05) is 0 Å². The van der Waals surface area contributed by atoms with E-state index in [0.717, 1.165) is 0 Å². The molecule has 17 atom stereocenters. The molecule has 0 aromatic heterocycles. The Bertz CT molecular complexity index is 930. The van der Waals surface area contributed by atoms with Gasteiger partial charge >= 0.3 is 0 Å². The highest BCUT2D eigenvalue weighted by molar-refractivity contribution is 5.80. The number of rotatable bonds is 15. The minimum atomic E-state index is -1.80. The molecule has 3 fully saturated rings. The molecule has 0 spiro atoms. The average Bonchev–Trinajstić information content (AvgIpc) is 3.01. The molecule has 3 aliphatic rings. The van der Waals surface area contributed by atoms with Crippen molar-refractivity contribution in [1.29, 1.82) is 0 Å². The van der Waals surface area contributed by atoms with Crippen LogP contribution in [0, 0.1) is 0 Å². The van der Waals surface area contributed by atoms with Gasteiger partial charge in [-0.1, -0.05) is 0 Å². The first-order valence-electron chi connectivity index (χ1n) is 15.3. The fourth-order valence-electron chi connectivity index (χ4n) is 5.73. The standard InChI is InChI=1S/C26H52N6O14/c27-3-1-9(34)6-31-7-13-17(37)19(39)20(40)26(43-13)45-22-10(29)5-11(32-24(42)12(35)2-4-28)23(21(22)41)46-25-18(38)15(30)16(36)14(8-33)44-25/h9-23,25-26,31,33-41H,1-8,27-30H2,(H,32,42)/t9?,10-,11+,12-,13+,14+,15-,16+,17+,18+,19-,20+,21-,22+,23-,25+,26+/m0/s1. The van der Waals surface area contributed by atoms with Crippen LogP contribution in [-0.4, -0.2) is 189 Å². The van der Waals surface area contributed by atoms with Gasteiger partial charge in [0.15, 0.2) is 12.6 Å². The maximum atomic E-state index is 12.7. The Morgan fingerprint density at radius 2 is 1.41 bits per heavy atom. The summed E-state index contributed by atoms with van der Waals surface area (Å²) >= 11 is 0. The number of nitrogens with one attached hydrogen (secondary N) is 2. The average molecular weight is 673 g/mol. The van der Waals surface area contributed by atoms with Gasteiger partial charge in [-0.15, -0.1) is 0 Å². The first kappa shape index (κ1) is 39.2. The van der Waals surface area contributed by atoms with Crippen LogP contribution in [0.15, 0.2) is 0 Å². The normalized spacial score (nSPS) is 43.2. The monoisotopic (exact) mass is 672 g/mol. The lowest BCUT2D eigenvalue weighted by molar-refractivity contribution is -0.333. The van der Waals surface area contributed by atoms with Crippen molar-refractivity contribution in [3.05, 3.63) is 0 Å². The number of carbonyl (C=O) groups excluding carboxylic acids is 1. The molecule has 0 radical (unpaired) electrons. The Morgan fingerprint density at radius 3 is 2.04 bits per heavy atom. The lowest BCUT2D eigenvalue weighted by Crippen LogP contribution is -2.69. The summed E-state index contributed by atoms with van der Waals surface area (Å²) < 4.78 is 23.0. The molecule has 2 saturated heterocycles. The molecule has 1 amide bonds. The largest absolute Gasteiger partial charge is 0.394 e. The third-order valence-corrected chi connectivity index (χ3v) is 8.50. The van der Waals surface area contributed by atoms with Crippen molar-refractivity contribution < 1.29 is 69.7 Å². The smallest absolute Gasteiger partial charge is 0.249 e. The Kier molecular flexibility index (Phi) is 15.3. The SMILES string of the molecule is NCCC(O)CNC[C@H]1O[C@H](O[C@H]2[C@H](O)[C@@H](O[C@H]3O[C@H](CO)[C@@H](O)[C@H](N)[C@H]3O)[C@H](NC(=O)[C@@H](O)CCN)C[C@@H]2N)[C@H](O)[C@@H](O)[C@@H]1O. The lowest BCUT2D eigenvalue weighted by atomic mass is 9.83. The molecule has 20 nitrogen and oxygen atoms in total. The summed E-state index contributed by atoms with van der Waals surface area (Å²) in [6.45, 7) is -0.422. The van der Waals surface area contributed by atoms with Crippen LogP contribution in [0.25, 0.3) is 0 Å². The predicted molar refractivity (Wildman–Crippen MR) is 155 cm³/mol. The van der Waals surface area contributed by atoms with Gasteiger partial charge in [-0.25, -0.2) is 0 Å². The Balaban J connectivity index is 1.80. The van der Waals surface area contributed by atoms with Crippen LogP contribution < -0.4 is 33.6 Å². The molecule has 1 unspecified atom stereocenters. The number of hydrogen-bond acceptors (Lipinski definition) is 19. The van der Waals surface area contributed by atoms with Crippen LogP contribution in [0.4, 0.5) is 0 Å². The number of hydrogen-bond donors (Lipinski definition) is 15. The number of aliphatic hydroxyl groups is 9. The fourth-order valence-corrected chi connectivity index (χ4v) is 5.73. The molecule has 0 aromatic carbocycles. The molecule has 19 N–H and O–H groups in total. The molecule has 46 heavy (non-hydrogen) atoms. The first-order valence-corrected chi connectivity index (χ1v) is 15.3. The number of amides is 1. The van der Waals surface area contributed by atoms with Crippen molar-refractivity contribution in [3.63, 3.8) is 0 Å². The van der Waals surface area contributed by atoms with Gasteiger partial charge in [-0.2, -0.15) is 0 Å². The zero-order chi connectivity index (χ0) is 34.3. The number of ether oxygens (including phenoxy) is 4. The molecule has 270 valence electrons. The minimum absolute atomic E-state index is 0.00281. The van der Waals surface area contributed by atoms with Gasteiger partial charge < -0.3 is 98.5 Å². The van der Waals surface area contributed by atoms with Crippen molar-refractivity contribution >= 4 is 5.91 Å². The van der Waals surface area contributed by atoms with E-state index in [9.17, 15) is 50.8 Å². The van der Waals surface area contributed by atoms with Gasteiger partial charge in [0, 0.05) is 19.1 Å². The molecule has 0 bridgehead atoms. The minimum Gasteiger partial charge on any atom is -0.394 e. The van der Waals surface area contributed by atoms with E-state index in [0.29, 0.717) is 6.42 Å². The van der Waals surface area contributed by atoms with Crippen LogP contribution in [0.1, 0.15) is 19.3 Å². The molecule has 0 aromatic rings. The molecular formula is C26H52N6O14. The second-order valence-corrected chi connectivity index (χ2v) is 12.0. The van der Waals surface area contributed by atoms with Gasteiger partial charge in [0.25, 0.3) is 0 Å². The van der Waals surface area contributed by atoms with Gasteiger partial charge in [-0.05, 0) is 32.4 Å². The van der Waals surface area contributed by atoms with Gasteiger partial charge in [0.1, 0.15) is 67.1 Å². The third-order valence-electron chi connectivity index (χ3n) is 8.50. The van der Waals surface area contributed by atoms with E-state index >= 15 is 0 Å². The predicted octanol–water partition coefficient (Wildman–Crippen LogP) is -9.08. The van der Waals surface area contributed by atoms with E-state index in [2.05, 4.69) is 10.6 Å². The maximum Gasteiger partial charge on any atom is 0.249 e. The summed E-state index contributed by atoms with van der Waals surface area (Å²) in [7, 11) is 0. The van der Waals surface area contributed by atoms with Crippen molar-refractivity contribution in [2.75, 3.05) is 32.8 Å². The third kappa shape index (κ3) is 9.46. The summed E-state index contributed by atoms with van der Waals surface area (Å²) in [4.78, 5) is 12.7. The molecule has 1 saturated carbocycles. The molecular weight excluding hydrogens is 620 g/mol. The molecule has 20 heteroatoms. The van der Waals surface area contributed by atoms with Gasteiger partial charge in [-0.3, -0.25) is 4.79 Å². The van der Waals surface area contributed by atoms with E-state index in [4.69, 9.17) is 41.9 Å². The van der Waals surface area contributed by atoms with Gasteiger partial charge in [0.2, 0.25) is 5.91 Å². The molecule has 1 aliphatic carbocycles. The maximum absolute atomic E-state index is 12.7. The van der Waals surface area contributed by atoms with Crippen molar-refractivity contribution in [2.45, 2.75) is 123 Å². The van der Waals surface area contributed by atoms with Crippen molar-refractivity contribution in [2.24, 2.45) is 22.9 Å². The Morgan fingerprint density at radius 1 is 0.804 bits per heavy atom. The van der Waals surface area contributed by atoms with Crippen LogP contribution >= 0.6 is 0 Å². The lowest BCUT2D eigenvalue weighted by Gasteiger charge is -2.49. The second-order valence-electron chi connectivity index (χ2n) is 12.0.